The van der Waals surface area contributed by atoms with Crippen LogP contribution in [0.2, 0.25) is 0 Å². The average molecular weight is 249 g/mol. The van der Waals surface area contributed by atoms with E-state index >= 15 is 0 Å². The maximum Gasteiger partial charge on any atom is 0.118 e. The summed E-state index contributed by atoms with van der Waals surface area (Å²) in [7, 11) is 1.70. The van der Waals surface area contributed by atoms with Gasteiger partial charge in [0.15, 0.2) is 0 Å². The van der Waals surface area contributed by atoms with Crippen molar-refractivity contribution in [2.24, 2.45) is 0 Å². The van der Waals surface area contributed by atoms with E-state index in [1.165, 1.54) is 18.4 Å². The maximum atomic E-state index is 5.64. The van der Waals surface area contributed by atoms with Crippen LogP contribution in [0.15, 0.2) is 24.3 Å². The van der Waals surface area contributed by atoms with Crippen molar-refractivity contribution >= 4 is 0 Å². The molecule has 0 radical (unpaired) electrons. The maximum absolute atomic E-state index is 5.64. The summed E-state index contributed by atoms with van der Waals surface area (Å²) in [6, 6.07) is 8.71. The predicted molar refractivity (Wildman–Crippen MR) is 73.0 cm³/mol. The summed E-state index contributed by atoms with van der Waals surface area (Å²) in [5.74, 6) is 0.910. The molecule has 0 aromatic heterocycles. The smallest absolute Gasteiger partial charge is 0.118 e. The molecule has 3 nitrogen and oxygen atoms in total. The van der Waals surface area contributed by atoms with Gasteiger partial charge in [-0.2, -0.15) is 0 Å². The zero-order valence-electron chi connectivity index (χ0n) is 11.3. The molecular weight excluding hydrogens is 226 g/mol. The second kappa shape index (κ2) is 6.76. The Morgan fingerprint density at radius 2 is 2.17 bits per heavy atom. The molecule has 100 valence electrons. The topological polar surface area (TPSA) is 30.5 Å². The van der Waals surface area contributed by atoms with Gasteiger partial charge >= 0.3 is 0 Å². The van der Waals surface area contributed by atoms with Crippen LogP contribution in [0.5, 0.6) is 5.75 Å². The van der Waals surface area contributed by atoms with Crippen LogP contribution in [0.3, 0.4) is 0 Å². The molecule has 1 aromatic carbocycles. The van der Waals surface area contributed by atoms with E-state index in [4.69, 9.17) is 9.47 Å². The van der Waals surface area contributed by atoms with Crippen molar-refractivity contribution in [3.05, 3.63) is 29.8 Å². The van der Waals surface area contributed by atoms with Crippen LogP contribution in [-0.2, 0) is 4.74 Å². The molecule has 2 atom stereocenters. The van der Waals surface area contributed by atoms with Gasteiger partial charge in [0.1, 0.15) is 5.75 Å². The number of methoxy groups -OCH3 is 1. The van der Waals surface area contributed by atoms with Gasteiger partial charge in [0.05, 0.1) is 13.2 Å². The molecule has 18 heavy (non-hydrogen) atoms. The summed E-state index contributed by atoms with van der Waals surface area (Å²) in [5.41, 5.74) is 1.32. The summed E-state index contributed by atoms with van der Waals surface area (Å²) in [4.78, 5) is 0. The molecule has 1 fully saturated rings. The highest BCUT2D eigenvalue weighted by Crippen LogP contribution is 2.21. The second-order valence-corrected chi connectivity index (χ2v) is 4.78. The first-order valence-electron chi connectivity index (χ1n) is 6.82. The van der Waals surface area contributed by atoms with Crippen molar-refractivity contribution < 1.29 is 9.47 Å². The molecule has 1 N–H and O–H groups in total. The van der Waals surface area contributed by atoms with Crippen molar-refractivity contribution in [3.63, 3.8) is 0 Å². The molecule has 0 aliphatic carbocycles. The molecule has 2 unspecified atom stereocenters. The molecule has 1 aliphatic heterocycles. The van der Waals surface area contributed by atoms with Gasteiger partial charge in [-0.3, -0.25) is 0 Å². The normalized spacial score (nSPS) is 20.9. The number of benzene rings is 1. The number of nitrogens with one attached hydrogen (secondary N) is 1. The second-order valence-electron chi connectivity index (χ2n) is 4.78. The summed E-state index contributed by atoms with van der Waals surface area (Å²) in [6.45, 7) is 4.08. The zero-order chi connectivity index (χ0) is 12.8. The first-order valence-corrected chi connectivity index (χ1v) is 6.82. The van der Waals surface area contributed by atoms with Crippen molar-refractivity contribution in [2.75, 3.05) is 20.3 Å². The highest BCUT2D eigenvalue weighted by molar-refractivity contribution is 5.29. The Labute approximate surface area is 109 Å². The fourth-order valence-corrected chi connectivity index (χ4v) is 2.41. The molecule has 1 heterocycles. The molecule has 0 bridgehead atoms. The molecular formula is C15H23NO2. The zero-order valence-corrected chi connectivity index (χ0v) is 11.3. The first kappa shape index (κ1) is 13.4. The molecule has 2 rings (SSSR count). The molecule has 0 spiro atoms. The molecule has 3 heteroatoms. The fourth-order valence-electron chi connectivity index (χ4n) is 2.41. The quantitative estimate of drug-likeness (QED) is 0.841. The van der Waals surface area contributed by atoms with E-state index in [0.717, 1.165) is 25.3 Å². The Balaban J connectivity index is 1.89. The third-order valence-electron chi connectivity index (χ3n) is 3.54. The standard InChI is InChI=1S/C15H23NO2/c1-3-15(16-11-14-5-4-10-18-14)12-6-8-13(17-2)9-7-12/h6-9,14-16H,3-5,10-11H2,1-2H3. The fraction of sp³-hybridized carbons (Fsp3) is 0.600. The Kier molecular flexibility index (Phi) is 5.02. The van der Waals surface area contributed by atoms with Gasteiger partial charge in [-0.15, -0.1) is 0 Å². The van der Waals surface area contributed by atoms with Gasteiger partial charge in [-0.05, 0) is 37.0 Å². The molecule has 1 saturated heterocycles. The lowest BCUT2D eigenvalue weighted by atomic mass is 10.0. The van der Waals surface area contributed by atoms with Crippen molar-refractivity contribution in [2.45, 2.75) is 38.3 Å². The van der Waals surface area contributed by atoms with Gasteiger partial charge in [0.2, 0.25) is 0 Å². The number of hydrogen-bond acceptors (Lipinski definition) is 3. The highest BCUT2D eigenvalue weighted by Gasteiger charge is 2.17. The van der Waals surface area contributed by atoms with Gasteiger partial charge in [-0.1, -0.05) is 19.1 Å². The van der Waals surface area contributed by atoms with E-state index in [-0.39, 0.29) is 0 Å². The number of hydrogen-bond donors (Lipinski definition) is 1. The van der Waals surface area contributed by atoms with Crippen molar-refractivity contribution in [3.8, 4) is 5.75 Å². The lowest BCUT2D eigenvalue weighted by Gasteiger charge is -2.20. The van der Waals surface area contributed by atoms with Crippen molar-refractivity contribution in [1.82, 2.24) is 5.32 Å². The summed E-state index contributed by atoms with van der Waals surface area (Å²) in [6.07, 6.45) is 3.87. The predicted octanol–water partition coefficient (Wildman–Crippen LogP) is 2.91. The van der Waals surface area contributed by atoms with Crippen LogP contribution in [0.25, 0.3) is 0 Å². The Bertz CT molecular complexity index is 344. The van der Waals surface area contributed by atoms with Crippen LogP contribution in [0.4, 0.5) is 0 Å². The SMILES string of the molecule is CCC(NCC1CCCO1)c1ccc(OC)cc1. The number of rotatable bonds is 6. The van der Waals surface area contributed by atoms with Crippen LogP contribution in [0.1, 0.15) is 37.8 Å². The Hall–Kier alpha value is -1.06. The molecule has 0 amide bonds. The van der Waals surface area contributed by atoms with Crippen molar-refractivity contribution in [1.29, 1.82) is 0 Å². The van der Waals surface area contributed by atoms with E-state index in [2.05, 4.69) is 24.4 Å². The molecule has 1 aliphatic rings. The van der Waals surface area contributed by atoms with E-state index in [9.17, 15) is 0 Å². The summed E-state index contributed by atoms with van der Waals surface area (Å²) >= 11 is 0. The van der Waals surface area contributed by atoms with E-state index in [1.807, 2.05) is 12.1 Å². The van der Waals surface area contributed by atoms with Gasteiger partial charge in [-0.25, -0.2) is 0 Å². The average Bonchev–Trinajstić information content (AvgIpc) is 2.93. The van der Waals surface area contributed by atoms with E-state index in [1.54, 1.807) is 7.11 Å². The summed E-state index contributed by atoms with van der Waals surface area (Å²) in [5, 5.41) is 3.60. The minimum absolute atomic E-state index is 0.400. The van der Waals surface area contributed by atoms with Gasteiger partial charge < -0.3 is 14.8 Å². The third kappa shape index (κ3) is 3.47. The van der Waals surface area contributed by atoms with Crippen LogP contribution < -0.4 is 10.1 Å². The molecule has 0 saturated carbocycles. The first-order chi connectivity index (χ1) is 8.83. The monoisotopic (exact) mass is 249 g/mol. The minimum Gasteiger partial charge on any atom is -0.497 e. The van der Waals surface area contributed by atoms with Gasteiger partial charge in [0.25, 0.3) is 0 Å². The molecule has 1 aromatic rings. The summed E-state index contributed by atoms with van der Waals surface area (Å²) < 4.78 is 10.8. The van der Waals surface area contributed by atoms with Crippen LogP contribution in [-0.4, -0.2) is 26.4 Å². The lowest BCUT2D eigenvalue weighted by Crippen LogP contribution is -2.29. The number of ether oxygens (including phenoxy) is 2. The third-order valence-corrected chi connectivity index (χ3v) is 3.54. The van der Waals surface area contributed by atoms with Crippen LogP contribution >= 0.6 is 0 Å². The highest BCUT2D eigenvalue weighted by atomic mass is 16.5. The van der Waals surface area contributed by atoms with E-state index in [0.29, 0.717) is 12.1 Å². The van der Waals surface area contributed by atoms with Crippen LogP contribution in [0, 0.1) is 0 Å². The Morgan fingerprint density at radius 1 is 1.39 bits per heavy atom. The Morgan fingerprint density at radius 3 is 2.72 bits per heavy atom. The van der Waals surface area contributed by atoms with Gasteiger partial charge in [0, 0.05) is 19.2 Å². The largest absolute Gasteiger partial charge is 0.497 e. The lowest BCUT2D eigenvalue weighted by molar-refractivity contribution is 0.107. The minimum atomic E-state index is 0.400. The van der Waals surface area contributed by atoms with E-state index < -0.39 is 0 Å².